The summed E-state index contributed by atoms with van der Waals surface area (Å²) >= 11 is 0. The fraction of sp³-hybridized carbons (Fsp3) is 0.158. The van der Waals surface area contributed by atoms with Crippen molar-refractivity contribution >= 4 is 12.0 Å². The first-order valence-electron chi connectivity index (χ1n) is 7.64. The average Bonchev–Trinajstić information content (AvgIpc) is 2.92. The molecule has 1 heterocycles. The van der Waals surface area contributed by atoms with Crippen LogP contribution in [-0.4, -0.2) is 33.2 Å². The van der Waals surface area contributed by atoms with Gasteiger partial charge in [0, 0.05) is 6.42 Å². The van der Waals surface area contributed by atoms with E-state index in [1.807, 2.05) is 54.6 Å². The van der Waals surface area contributed by atoms with Crippen LogP contribution in [0.2, 0.25) is 0 Å². The Bertz CT molecular complexity index is 781. The number of rotatable bonds is 3. The number of carboxylic acid groups (broad SMARTS) is 1. The topological polar surface area (TPSA) is 77.8 Å². The first-order valence-corrected chi connectivity index (χ1v) is 7.64. The van der Waals surface area contributed by atoms with E-state index < -0.39 is 18.0 Å². The van der Waals surface area contributed by atoms with Crippen molar-refractivity contribution in [3.05, 3.63) is 72.0 Å². The van der Waals surface area contributed by atoms with E-state index in [9.17, 15) is 14.7 Å². The second-order valence-electron chi connectivity index (χ2n) is 5.74. The summed E-state index contributed by atoms with van der Waals surface area (Å²) in [6.45, 7) is 0. The molecule has 2 N–H and O–H groups in total. The second kappa shape index (κ2) is 6.58. The third-order valence-corrected chi connectivity index (χ3v) is 4.21. The van der Waals surface area contributed by atoms with Crippen LogP contribution in [0.5, 0.6) is 0 Å². The minimum atomic E-state index is -1.29. The van der Waals surface area contributed by atoms with Gasteiger partial charge < -0.3 is 10.2 Å². The lowest BCUT2D eigenvalue weighted by molar-refractivity contribution is -0.124. The van der Waals surface area contributed by atoms with Crippen LogP contribution in [0.1, 0.15) is 12.0 Å². The highest BCUT2D eigenvalue weighted by Gasteiger charge is 2.39. The SMILES string of the molecule is O=C(O)N1C(=O)/C(=C\O)C[C@H]1Cc1ccc(-c2ccccc2)cc1. The van der Waals surface area contributed by atoms with E-state index >= 15 is 0 Å². The Hall–Kier alpha value is -3.08. The molecule has 2 aromatic rings. The van der Waals surface area contributed by atoms with Crippen molar-refractivity contribution in [3.8, 4) is 11.1 Å². The Morgan fingerprint density at radius 2 is 1.71 bits per heavy atom. The van der Waals surface area contributed by atoms with Crippen LogP contribution < -0.4 is 0 Å². The van der Waals surface area contributed by atoms with Gasteiger partial charge in [-0.2, -0.15) is 0 Å². The van der Waals surface area contributed by atoms with Gasteiger partial charge in [0.25, 0.3) is 5.91 Å². The molecule has 3 rings (SSSR count). The molecule has 0 bridgehead atoms. The van der Waals surface area contributed by atoms with Gasteiger partial charge in [0.05, 0.1) is 17.9 Å². The zero-order valence-electron chi connectivity index (χ0n) is 12.9. The summed E-state index contributed by atoms with van der Waals surface area (Å²) in [5, 5.41) is 18.3. The molecule has 1 atom stereocenters. The van der Waals surface area contributed by atoms with E-state index in [-0.39, 0.29) is 12.0 Å². The average molecular weight is 323 g/mol. The number of hydrogen-bond acceptors (Lipinski definition) is 3. The third kappa shape index (κ3) is 3.01. The maximum absolute atomic E-state index is 11.9. The van der Waals surface area contributed by atoms with Gasteiger partial charge in [-0.05, 0) is 23.1 Å². The predicted molar refractivity (Wildman–Crippen MR) is 89.6 cm³/mol. The first kappa shape index (κ1) is 15.8. The summed E-state index contributed by atoms with van der Waals surface area (Å²) < 4.78 is 0. The molecule has 0 spiro atoms. The minimum absolute atomic E-state index is 0.128. The zero-order chi connectivity index (χ0) is 17.1. The molecule has 1 fully saturated rings. The molecule has 1 aliphatic heterocycles. The van der Waals surface area contributed by atoms with Crippen molar-refractivity contribution in [2.24, 2.45) is 0 Å². The van der Waals surface area contributed by atoms with E-state index in [4.69, 9.17) is 5.11 Å². The molecule has 5 nitrogen and oxygen atoms in total. The standard InChI is InChI=1S/C19H17NO4/c21-12-16-11-17(20(18(16)22)19(23)24)10-13-6-8-15(9-7-13)14-4-2-1-3-5-14/h1-9,12,17,21H,10-11H2,(H,23,24)/b16-12-/t17-/m1/s1. The van der Waals surface area contributed by atoms with Gasteiger partial charge in [0.1, 0.15) is 0 Å². The van der Waals surface area contributed by atoms with Gasteiger partial charge in [-0.25, -0.2) is 9.69 Å². The second-order valence-corrected chi connectivity index (χ2v) is 5.74. The summed E-state index contributed by atoms with van der Waals surface area (Å²) in [5.41, 5.74) is 3.26. The molecular weight excluding hydrogens is 306 g/mol. The summed E-state index contributed by atoms with van der Waals surface area (Å²) in [6.07, 6.45) is 0.0614. The molecule has 2 amide bonds. The van der Waals surface area contributed by atoms with Crippen LogP contribution in [0.25, 0.3) is 11.1 Å². The van der Waals surface area contributed by atoms with Crippen LogP contribution in [0.3, 0.4) is 0 Å². The van der Waals surface area contributed by atoms with Crippen molar-refractivity contribution in [1.82, 2.24) is 4.90 Å². The highest BCUT2D eigenvalue weighted by molar-refractivity contribution is 6.04. The predicted octanol–water partition coefficient (Wildman–Crippen LogP) is 3.62. The summed E-state index contributed by atoms with van der Waals surface area (Å²) in [4.78, 5) is 24.0. The lowest BCUT2D eigenvalue weighted by Gasteiger charge is -2.19. The minimum Gasteiger partial charge on any atom is -0.515 e. The summed E-state index contributed by atoms with van der Waals surface area (Å²) in [5.74, 6) is -0.643. The molecule has 0 saturated carbocycles. The fourth-order valence-electron chi connectivity index (χ4n) is 3.00. The van der Waals surface area contributed by atoms with Crippen molar-refractivity contribution in [2.75, 3.05) is 0 Å². The Morgan fingerprint density at radius 3 is 2.29 bits per heavy atom. The maximum Gasteiger partial charge on any atom is 0.414 e. The van der Waals surface area contributed by atoms with Crippen molar-refractivity contribution in [3.63, 3.8) is 0 Å². The summed E-state index contributed by atoms with van der Waals surface area (Å²) in [6, 6.07) is 17.3. The van der Waals surface area contributed by atoms with Crippen LogP contribution in [0.4, 0.5) is 4.79 Å². The number of nitrogens with zero attached hydrogens (tertiary/aromatic N) is 1. The van der Waals surface area contributed by atoms with E-state index in [1.165, 1.54) is 0 Å². The molecule has 1 aliphatic rings. The van der Waals surface area contributed by atoms with Crippen molar-refractivity contribution in [1.29, 1.82) is 0 Å². The first-order chi connectivity index (χ1) is 11.6. The van der Waals surface area contributed by atoms with Gasteiger partial charge in [-0.1, -0.05) is 54.6 Å². The monoisotopic (exact) mass is 323 g/mol. The number of aliphatic hydroxyl groups is 1. The molecule has 0 unspecified atom stereocenters. The van der Waals surface area contributed by atoms with Crippen LogP contribution in [0.15, 0.2) is 66.4 Å². The Balaban J connectivity index is 1.78. The van der Waals surface area contributed by atoms with Gasteiger partial charge in [0.15, 0.2) is 0 Å². The van der Waals surface area contributed by atoms with Crippen LogP contribution in [0, 0.1) is 0 Å². The molecule has 0 radical (unpaired) electrons. The summed E-state index contributed by atoms with van der Waals surface area (Å²) in [7, 11) is 0. The number of carbonyl (C=O) groups is 2. The molecule has 1 saturated heterocycles. The van der Waals surface area contributed by atoms with Gasteiger partial charge >= 0.3 is 6.09 Å². The number of hydrogen-bond donors (Lipinski definition) is 2. The lowest BCUT2D eigenvalue weighted by atomic mass is 9.99. The number of amides is 2. The zero-order valence-corrected chi connectivity index (χ0v) is 12.9. The molecule has 122 valence electrons. The smallest absolute Gasteiger partial charge is 0.414 e. The molecule has 24 heavy (non-hydrogen) atoms. The Kier molecular flexibility index (Phi) is 4.33. The largest absolute Gasteiger partial charge is 0.515 e. The number of aliphatic hydroxyl groups excluding tert-OH is 1. The van der Waals surface area contributed by atoms with E-state index in [0.717, 1.165) is 21.6 Å². The van der Waals surface area contributed by atoms with E-state index in [0.29, 0.717) is 12.7 Å². The quantitative estimate of drug-likeness (QED) is 0.668. The van der Waals surface area contributed by atoms with E-state index in [2.05, 4.69) is 0 Å². The number of likely N-dealkylation sites (tertiary alicyclic amines) is 1. The molecule has 0 aliphatic carbocycles. The third-order valence-electron chi connectivity index (χ3n) is 4.21. The van der Waals surface area contributed by atoms with Gasteiger partial charge in [-0.3, -0.25) is 4.79 Å². The normalized spacial score (nSPS) is 19.0. The van der Waals surface area contributed by atoms with Crippen LogP contribution >= 0.6 is 0 Å². The van der Waals surface area contributed by atoms with Gasteiger partial charge in [-0.15, -0.1) is 0 Å². The maximum atomic E-state index is 11.9. The highest BCUT2D eigenvalue weighted by Crippen LogP contribution is 2.27. The molecule has 0 aromatic heterocycles. The fourth-order valence-corrected chi connectivity index (χ4v) is 3.00. The highest BCUT2D eigenvalue weighted by atomic mass is 16.4. The lowest BCUT2D eigenvalue weighted by Crippen LogP contribution is -2.38. The molecular formula is C19H17NO4. The number of imide groups is 1. The van der Waals surface area contributed by atoms with Crippen molar-refractivity contribution < 1.29 is 19.8 Å². The molecule has 2 aromatic carbocycles. The Labute approximate surface area is 139 Å². The number of benzene rings is 2. The Morgan fingerprint density at radius 1 is 1.08 bits per heavy atom. The van der Waals surface area contributed by atoms with Crippen molar-refractivity contribution in [2.45, 2.75) is 18.9 Å². The number of carbonyl (C=O) groups excluding carboxylic acids is 1. The van der Waals surface area contributed by atoms with Gasteiger partial charge in [0.2, 0.25) is 0 Å². The van der Waals surface area contributed by atoms with Crippen LogP contribution in [-0.2, 0) is 11.2 Å². The molecule has 5 heteroatoms. The van der Waals surface area contributed by atoms with E-state index in [1.54, 1.807) is 0 Å².